The second-order valence-electron chi connectivity index (χ2n) is 6.94. The fraction of sp³-hybridized carbons (Fsp3) is 0.300. The molecule has 0 N–H and O–H groups in total. The van der Waals surface area contributed by atoms with Crippen LogP contribution in [0.25, 0.3) is 0 Å². The molecular formula is C20H19BrN2. The number of halogens is 1. The molecular weight excluding hydrogens is 348 g/mol. The zero-order valence-corrected chi connectivity index (χ0v) is 14.5. The summed E-state index contributed by atoms with van der Waals surface area (Å²) >= 11 is 3.53. The molecule has 2 aromatic carbocycles. The van der Waals surface area contributed by atoms with Crippen molar-refractivity contribution in [3.8, 4) is 0 Å². The number of nitrogens with zero attached hydrogens (tertiary/aromatic N) is 2. The number of benzene rings is 2. The third-order valence-corrected chi connectivity index (χ3v) is 6.21. The van der Waals surface area contributed by atoms with Crippen molar-refractivity contribution in [1.29, 1.82) is 0 Å². The molecule has 1 spiro atoms. The molecule has 116 valence electrons. The Morgan fingerprint density at radius 1 is 0.913 bits per heavy atom. The third-order valence-electron chi connectivity index (χ3n) is 5.68. The van der Waals surface area contributed by atoms with Crippen molar-refractivity contribution in [2.75, 3.05) is 24.5 Å². The highest BCUT2D eigenvalue weighted by Crippen LogP contribution is 2.54. The monoisotopic (exact) mass is 366 g/mol. The molecule has 0 aliphatic carbocycles. The van der Waals surface area contributed by atoms with E-state index >= 15 is 0 Å². The molecule has 4 atom stereocenters. The molecule has 1 unspecified atom stereocenters. The number of hydrogen-bond donors (Lipinski definition) is 0. The molecule has 2 nitrogen and oxygen atoms in total. The Morgan fingerprint density at radius 3 is 2.48 bits per heavy atom. The van der Waals surface area contributed by atoms with Gasteiger partial charge in [0.2, 0.25) is 0 Å². The highest BCUT2D eigenvalue weighted by molar-refractivity contribution is 9.10. The molecule has 3 heteroatoms. The Kier molecular flexibility index (Phi) is 2.98. The summed E-state index contributed by atoms with van der Waals surface area (Å²) in [7, 11) is 0. The van der Waals surface area contributed by atoms with E-state index in [0.717, 1.165) is 17.6 Å². The normalized spacial score (nSPS) is 34.1. The molecule has 23 heavy (non-hydrogen) atoms. The summed E-state index contributed by atoms with van der Waals surface area (Å²) in [4.78, 5) is 5.24. The fourth-order valence-electron chi connectivity index (χ4n) is 4.40. The van der Waals surface area contributed by atoms with Crippen molar-refractivity contribution in [2.45, 2.75) is 11.6 Å². The minimum absolute atomic E-state index is 0.363. The van der Waals surface area contributed by atoms with Crippen LogP contribution in [0.4, 0.5) is 5.69 Å². The molecule has 2 aromatic rings. The van der Waals surface area contributed by atoms with Crippen molar-refractivity contribution in [2.24, 2.45) is 5.92 Å². The third kappa shape index (κ3) is 2.10. The van der Waals surface area contributed by atoms with E-state index in [1.54, 1.807) is 0 Å². The largest absolute Gasteiger partial charge is 0.369 e. The van der Waals surface area contributed by atoms with Gasteiger partial charge in [-0.1, -0.05) is 58.4 Å². The van der Waals surface area contributed by atoms with Gasteiger partial charge in [0.15, 0.2) is 0 Å². The second-order valence-corrected chi connectivity index (χ2v) is 7.85. The van der Waals surface area contributed by atoms with Crippen LogP contribution in [0.2, 0.25) is 0 Å². The zero-order chi connectivity index (χ0) is 15.4. The fourth-order valence-corrected chi connectivity index (χ4v) is 4.66. The lowest BCUT2D eigenvalue weighted by molar-refractivity contribution is 0.325. The van der Waals surface area contributed by atoms with Gasteiger partial charge in [-0.05, 0) is 29.8 Å². The van der Waals surface area contributed by atoms with Gasteiger partial charge in [-0.2, -0.15) is 0 Å². The minimum Gasteiger partial charge on any atom is -0.369 e. The van der Waals surface area contributed by atoms with Crippen LogP contribution in [0.5, 0.6) is 0 Å². The molecule has 5 rings (SSSR count). The lowest BCUT2D eigenvalue weighted by Gasteiger charge is -2.27. The number of rotatable bonds is 2. The van der Waals surface area contributed by atoms with E-state index in [0.29, 0.717) is 17.5 Å². The van der Waals surface area contributed by atoms with Crippen LogP contribution in [0.15, 0.2) is 71.2 Å². The van der Waals surface area contributed by atoms with Crippen LogP contribution in [0.3, 0.4) is 0 Å². The highest BCUT2D eigenvalue weighted by Gasteiger charge is 2.64. The predicted octanol–water partition coefficient (Wildman–Crippen LogP) is 4.25. The van der Waals surface area contributed by atoms with Gasteiger partial charge in [-0.3, -0.25) is 4.90 Å². The summed E-state index contributed by atoms with van der Waals surface area (Å²) in [6.07, 6.45) is 4.89. The Morgan fingerprint density at radius 2 is 1.70 bits per heavy atom. The van der Waals surface area contributed by atoms with Crippen molar-refractivity contribution in [1.82, 2.24) is 4.90 Å². The average molecular weight is 367 g/mol. The lowest BCUT2D eigenvalue weighted by atomic mass is 9.90. The standard InChI is InChI=1S/C20H19BrN2/c21-17-7-9-18(10-8-17)22-12-16-6-11-19(15-4-2-1-3-5-15)23-14-20(16,23)13-22/h1-11,16,19H,12-14H2/t16-,19+,20-,23?/m1/s1. The van der Waals surface area contributed by atoms with Gasteiger partial charge >= 0.3 is 0 Å². The van der Waals surface area contributed by atoms with Gasteiger partial charge in [0, 0.05) is 35.7 Å². The van der Waals surface area contributed by atoms with Gasteiger partial charge in [-0.25, -0.2) is 0 Å². The predicted molar refractivity (Wildman–Crippen MR) is 97.6 cm³/mol. The van der Waals surface area contributed by atoms with Crippen LogP contribution < -0.4 is 4.90 Å². The highest BCUT2D eigenvalue weighted by atomic mass is 79.9. The van der Waals surface area contributed by atoms with Crippen LogP contribution in [0.1, 0.15) is 11.6 Å². The molecule has 0 amide bonds. The van der Waals surface area contributed by atoms with E-state index in [9.17, 15) is 0 Å². The summed E-state index contributed by atoms with van der Waals surface area (Å²) < 4.78 is 1.15. The smallest absolute Gasteiger partial charge is 0.0600 e. The van der Waals surface area contributed by atoms with Crippen molar-refractivity contribution < 1.29 is 0 Å². The summed E-state index contributed by atoms with van der Waals surface area (Å²) in [6.45, 7) is 3.50. The number of anilines is 1. The SMILES string of the molecule is Brc1ccc(N2C[C@H]3C=C[C@@H](c4ccccc4)N4C[C@]34C2)cc1. The maximum Gasteiger partial charge on any atom is 0.0600 e. The first-order valence-corrected chi connectivity index (χ1v) is 9.06. The summed E-state index contributed by atoms with van der Waals surface area (Å²) in [5, 5.41) is 0. The minimum atomic E-state index is 0.363. The van der Waals surface area contributed by atoms with Crippen LogP contribution in [-0.4, -0.2) is 30.1 Å². The second kappa shape index (κ2) is 4.96. The van der Waals surface area contributed by atoms with Crippen LogP contribution in [0, 0.1) is 5.92 Å². The van der Waals surface area contributed by atoms with E-state index in [4.69, 9.17) is 0 Å². The molecule has 2 fully saturated rings. The molecule has 3 heterocycles. The van der Waals surface area contributed by atoms with Gasteiger partial charge in [0.1, 0.15) is 0 Å². The van der Waals surface area contributed by atoms with Crippen molar-refractivity contribution >= 4 is 21.6 Å². The first-order valence-electron chi connectivity index (χ1n) is 8.27. The maximum absolute atomic E-state index is 3.53. The first-order chi connectivity index (χ1) is 11.3. The molecule has 0 radical (unpaired) electrons. The van der Waals surface area contributed by atoms with E-state index in [1.807, 2.05) is 0 Å². The Balaban J connectivity index is 1.42. The first kappa shape index (κ1) is 13.8. The van der Waals surface area contributed by atoms with Crippen LogP contribution >= 0.6 is 15.9 Å². The van der Waals surface area contributed by atoms with E-state index in [2.05, 4.69) is 92.5 Å². The van der Waals surface area contributed by atoms with E-state index < -0.39 is 0 Å². The number of hydrogen-bond acceptors (Lipinski definition) is 2. The van der Waals surface area contributed by atoms with Gasteiger partial charge in [0.05, 0.1) is 11.6 Å². The quantitative estimate of drug-likeness (QED) is 0.578. The molecule has 3 aliphatic heterocycles. The molecule has 2 saturated heterocycles. The molecule has 0 aromatic heterocycles. The molecule has 0 saturated carbocycles. The molecule has 0 bridgehead atoms. The summed E-state index contributed by atoms with van der Waals surface area (Å²) in [5.41, 5.74) is 3.12. The van der Waals surface area contributed by atoms with Crippen molar-refractivity contribution in [3.05, 3.63) is 76.8 Å². The van der Waals surface area contributed by atoms with Gasteiger partial charge in [-0.15, -0.1) is 0 Å². The van der Waals surface area contributed by atoms with E-state index in [-0.39, 0.29) is 0 Å². The summed E-state index contributed by atoms with van der Waals surface area (Å²) in [5.74, 6) is 0.658. The van der Waals surface area contributed by atoms with Crippen molar-refractivity contribution in [3.63, 3.8) is 0 Å². The Labute approximate surface area is 145 Å². The molecule has 3 aliphatic rings. The Hall–Kier alpha value is -1.58. The maximum atomic E-state index is 3.53. The summed E-state index contributed by atoms with van der Waals surface area (Å²) in [6, 6.07) is 20.1. The van der Waals surface area contributed by atoms with Gasteiger partial charge < -0.3 is 4.90 Å². The average Bonchev–Trinajstić information content (AvgIpc) is 3.20. The Bertz CT molecular complexity index is 755. The van der Waals surface area contributed by atoms with E-state index in [1.165, 1.54) is 17.8 Å². The van der Waals surface area contributed by atoms with Gasteiger partial charge in [0.25, 0.3) is 0 Å². The van der Waals surface area contributed by atoms with Crippen LogP contribution in [-0.2, 0) is 0 Å². The zero-order valence-electron chi connectivity index (χ0n) is 12.9. The topological polar surface area (TPSA) is 6.25 Å². The lowest BCUT2D eigenvalue weighted by Crippen LogP contribution is -2.32.